The number of nitrogens with one attached hydrogen (secondary N) is 1. The van der Waals surface area contributed by atoms with Crippen molar-refractivity contribution in [3.63, 3.8) is 0 Å². The van der Waals surface area contributed by atoms with E-state index in [1.54, 1.807) is 0 Å². The van der Waals surface area contributed by atoms with Crippen molar-refractivity contribution in [2.45, 2.75) is 27.2 Å². The van der Waals surface area contributed by atoms with Gasteiger partial charge in [-0.25, -0.2) is 0 Å². The molecule has 0 aliphatic rings. The van der Waals surface area contributed by atoms with Gasteiger partial charge in [-0.15, -0.1) is 0 Å². The summed E-state index contributed by atoms with van der Waals surface area (Å²) in [6, 6.07) is 3.68. The highest BCUT2D eigenvalue weighted by atomic mass is 35.5. The molecule has 0 fully saturated rings. The van der Waals surface area contributed by atoms with E-state index in [2.05, 4.69) is 4.98 Å². The Morgan fingerprint density at radius 1 is 1.31 bits per heavy atom. The highest BCUT2D eigenvalue weighted by molar-refractivity contribution is 6.32. The summed E-state index contributed by atoms with van der Waals surface area (Å²) < 4.78 is 0. The van der Waals surface area contributed by atoms with Crippen LogP contribution in [0.1, 0.15) is 23.7 Å². The molecular weight excluding hydrogens is 222 g/mol. The van der Waals surface area contributed by atoms with Crippen LogP contribution in [0.3, 0.4) is 0 Å². The second-order valence-corrected chi connectivity index (χ2v) is 4.47. The fraction of sp³-hybridized carbons (Fsp3) is 0.308. The first-order valence-electron chi connectivity index (χ1n) is 5.36. The molecule has 0 saturated heterocycles. The van der Waals surface area contributed by atoms with Crippen LogP contribution in [0, 0.1) is 13.8 Å². The van der Waals surface area contributed by atoms with Gasteiger partial charge in [-0.1, -0.05) is 18.5 Å². The van der Waals surface area contributed by atoms with Gasteiger partial charge in [-0.3, -0.25) is 4.79 Å². The Hall–Kier alpha value is -1.28. The minimum absolute atomic E-state index is 0.119. The van der Waals surface area contributed by atoms with Crippen molar-refractivity contribution in [1.29, 1.82) is 0 Å². The molecule has 1 aromatic heterocycles. The normalized spacial score (nSPS) is 11.0. The van der Waals surface area contributed by atoms with Crippen LogP contribution in [0.15, 0.2) is 16.9 Å². The first-order chi connectivity index (χ1) is 7.54. The Labute approximate surface area is 99.3 Å². The number of hydrogen-bond acceptors (Lipinski definition) is 1. The van der Waals surface area contributed by atoms with Crippen molar-refractivity contribution in [1.82, 2.24) is 4.98 Å². The van der Waals surface area contributed by atoms with Gasteiger partial charge in [0.2, 0.25) is 0 Å². The molecule has 3 heteroatoms. The van der Waals surface area contributed by atoms with E-state index in [0.29, 0.717) is 5.02 Å². The van der Waals surface area contributed by atoms with E-state index in [1.807, 2.05) is 32.9 Å². The van der Waals surface area contributed by atoms with Gasteiger partial charge >= 0.3 is 0 Å². The molecule has 2 nitrogen and oxygen atoms in total. The highest BCUT2D eigenvalue weighted by Crippen LogP contribution is 2.21. The molecule has 0 spiro atoms. The summed E-state index contributed by atoms with van der Waals surface area (Å²) in [5.74, 6) is 0. The van der Waals surface area contributed by atoms with Crippen LogP contribution in [-0.2, 0) is 6.42 Å². The van der Waals surface area contributed by atoms with Crippen molar-refractivity contribution < 1.29 is 0 Å². The third-order valence-corrected chi connectivity index (χ3v) is 3.35. The number of aromatic amines is 1. The van der Waals surface area contributed by atoms with Crippen LogP contribution in [0.4, 0.5) is 0 Å². The molecule has 0 amide bonds. The van der Waals surface area contributed by atoms with Crippen molar-refractivity contribution in [2.75, 3.05) is 0 Å². The van der Waals surface area contributed by atoms with E-state index < -0.39 is 0 Å². The number of hydrogen-bond donors (Lipinski definition) is 1. The van der Waals surface area contributed by atoms with E-state index in [0.717, 1.165) is 34.1 Å². The second-order valence-electron chi connectivity index (χ2n) is 4.06. The molecule has 0 aliphatic carbocycles. The van der Waals surface area contributed by atoms with E-state index in [1.165, 1.54) is 0 Å². The number of pyridine rings is 1. The summed E-state index contributed by atoms with van der Waals surface area (Å²) in [5.41, 5.74) is 3.66. The Morgan fingerprint density at radius 3 is 2.62 bits per heavy atom. The lowest BCUT2D eigenvalue weighted by Gasteiger charge is -2.07. The SMILES string of the molecule is CCc1c(C)[nH]c2cc(Cl)c(C)cc2c1=O. The summed E-state index contributed by atoms with van der Waals surface area (Å²) in [6.07, 6.45) is 0.749. The fourth-order valence-corrected chi connectivity index (χ4v) is 2.17. The summed E-state index contributed by atoms with van der Waals surface area (Å²) in [5, 5.41) is 1.41. The van der Waals surface area contributed by atoms with Crippen molar-refractivity contribution in [3.05, 3.63) is 44.2 Å². The standard InChI is InChI=1S/C13H14ClNO/c1-4-9-8(3)15-12-6-11(14)7(2)5-10(12)13(9)16/h5-6H,4H2,1-3H3,(H,15,16). The molecule has 84 valence electrons. The molecule has 0 aliphatic heterocycles. The first kappa shape index (κ1) is 11.2. The molecule has 0 radical (unpaired) electrons. The lowest BCUT2D eigenvalue weighted by Crippen LogP contribution is -2.12. The zero-order valence-electron chi connectivity index (χ0n) is 9.65. The largest absolute Gasteiger partial charge is 0.358 e. The van der Waals surface area contributed by atoms with Crippen LogP contribution in [0.25, 0.3) is 10.9 Å². The maximum absolute atomic E-state index is 12.2. The van der Waals surface area contributed by atoms with Gasteiger partial charge in [0.15, 0.2) is 5.43 Å². The van der Waals surface area contributed by atoms with E-state index >= 15 is 0 Å². The monoisotopic (exact) mass is 235 g/mol. The van der Waals surface area contributed by atoms with Crippen molar-refractivity contribution in [2.24, 2.45) is 0 Å². The molecule has 0 saturated carbocycles. The predicted molar refractivity (Wildman–Crippen MR) is 68.4 cm³/mol. The van der Waals surface area contributed by atoms with Crippen LogP contribution in [0.5, 0.6) is 0 Å². The van der Waals surface area contributed by atoms with E-state index in [-0.39, 0.29) is 5.43 Å². The molecule has 0 unspecified atom stereocenters. The third kappa shape index (κ3) is 1.63. The zero-order valence-corrected chi connectivity index (χ0v) is 10.4. The predicted octanol–water partition coefficient (Wildman–Crippen LogP) is 3.36. The molecule has 2 aromatic rings. The first-order valence-corrected chi connectivity index (χ1v) is 5.74. The van der Waals surface area contributed by atoms with Crippen molar-refractivity contribution in [3.8, 4) is 0 Å². The summed E-state index contributed by atoms with van der Waals surface area (Å²) in [7, 11) is 0. The summed E-state index contributed by atoms with van der Waals surface area (Å²) >= 11 is 6.04. The molecule has 0 bridgehead atoms. The van der Waals surface area contributed by atoms with Crippen LogP contribution < -0.4 is 5.43 Å². The zero-order chi connectivity index (χ0) is 11.9. The number of aryl methyl sites for hydroxylation is 2. The number of rotatable bonds is 1. The topological polar surface area (TPSA) is 32.9 Å². The van der Waals surface area contributed by atoms with Gasteiger partial charge in [0.05, 0.1) is 5.52 Å². The smallest absolute Gasteiger partial charge is 0.192 e. The minimum atomic E-state index is 0.119. The number of aromatic nitrogens is 1. The number of halogens is 1. The molecule has 16 heavy (non-hydrogen) atoms. The third-order valence-electron chi connectivity index (χ3n) is 2.95. The average molecular weight is 236 g/mol. The number of fused-ring (bicyclic) bond motifs is 1. The number of H-pyrrole nitrogens is 1. The summed E-state index contributed by atoms with van der Waals surface area (Å²) in [6.45, 7) is 5.83. The van der Waals surface area contributed by atoms with Gasteiger partial charge in [-0.05, 0) is 38.0 Å². The Kier molecular flexibility index (Phi) is 2.76. The van der Waals surface area contributed by atoms with Gasteiger partial charge in [0.25, 0.3) is 0 Å². The van der Waals surface area contributed by atoms with Crippen LogP contribution >= 0.6 is 11.6 Å². The van der Waals surface area contributed by atoms with Crippen LogP contribution in [0.2, 0.25) is 5.02 Å². The molecule has 1 N–H and O–H groups in total. The Balaban J connectivity index is 2.94. The maximum Gasteiger partial charge on any atom is 0.192 e. The quantitative estimate of drug-likeness (QED) is 0.808. The fourth-order valence-electron chi connectivity index (χ4n) is 2.01. The molecule has 2 rings (SSSR count). The maximum atomic E-state index is 12.2. The average Bonchev–Trinajstić information content (AvgIpc) is 2.22. The second kappa shape index (κ2) is 3.95. The van der Waals surface area contributed by atoms with Gasteiger partial charge in [0.1, 0.15) is 0 Å². The van der Waals surface area contributed by atoms with Crippen molar-refractivity contribution >= 4 is 22.5 Å². The van der Waals surface area contributed by atoms with Crippen LogP contribution in [-0.4, -0.2) is 4.98 Å². The van der Waals surface area contributed by atoms with Gasteiger partial charge in [-0.2, -0.15) is 0 Å². The van der Waals surface area contributed by atoms with E-state index in [9.17, 15) is 4.79 Å². The molecule has 1 aromatic carbocycles. The van der Waals surface area contributed by atoms with E-state index in [4.69, 9.17) is 11.6 Å². The van der Waals surface area contributed by atoms with Gasteiger partial charge < -0.3 is 4.98 Å². The number of benzene rings is 1. The molecule has 0 atom stereocenters. The lowest BCUT2D eigenvalue weighted by atomic mass is 10.1. The van der Waals surface area contributed by atoms with Gasteiger partial charge in [0, 0.05) is 21.7 Å². The Bertz CT molecular complexity index is 613. The highest BCUT2D eigenvalue weighted by Gasteiger charge is 2.09. The summed E-state index contributed by atoms with van der Waals surface area (Å²) in [4.78, 5) is 15.4. The minimum Gasteiger partial charge on any atom is -0.358 e. The molecular formula is C13H14ClNO. The molecule has 1 heterocycles. The lowest BCUT2D eigenvalue weighted by molar-refractivity contribution is 1.05. The Morgan fingerprint density at radius 2 is 2.00 bits per heavy atom.